The van der Waals surface area contributed by atoms with Crippen LogP contribution in [-0.2, 0) is 12.8 Å². The van der Waals surface area contributed by atoms with Crippen molar-refractivity contribution >= 4 is 22.2 Å². The van der Waals surface area contributed by atoms with Crippen molar-refractivity contribution in [1.82, 2.24) is 5.32 Å². The van der Waals surface area contributed by atoms with Crippen molar-refractivity contribution in [3.63, 3.8) is 0 Å². The molecule has 1 amide bonds. The molecular formula is C11H14N2OS. The van der Waals surface area contributed by atoms with Crippen molar-refractivity contribution in [3.8, 4) is 0 Å². The van der Waals surface area contributed by atoms with Gasteiger partial charge in [0.05, 0.1) is 10.6 Å². The Kier molecular flexibility index (Phi) is 1.99. The third kappa shape index (κ3) is 1.53. The van der Waals surface area contributed by atoms with Crippen LogP contribution in [0.3, 0.4) is 0 Å². The molecule has 0 saturated heterocycles. The topological polar surface area (TPSA) is 55.1 Å². The summed E-state index contributed by atoms with van der Waals surface area (Å²) in [5.41, 5.74) is 7.90. The van der Waals surface area contributed by atoms with E-state index in [-0.39, 0.29) is 5.91 Å². The van der Waals surface area contributed by atoms with Crippen molar-refractivity contribution in [2.45, 2.75) is 38.1 Å². The molecule has 3 rings (SSSR count). The van der Waals surface area contributed by atoms with Gasteiger partial charge in [-0.3, -0.25) is 4.79 Å². The first-order chi connectivity index (χ1) is 7.25. The fraction of sp³-hybridized carbons (Fsp3) is 0.545. The predicted molar refractivity (Wildman–Crippen MR) is 61.2 cm³/mol. The Morgan fingerprint density at radius 1 is 1.40 bits per heavy atom. The summed E-state index contributed by atoms with van der Waals surface area (Å²) in [5.74, 6) is 0.0504. The number of hydrogen-bond acceptors (Lipinski definition) is 3. The van der Waals surface area contributed by atoms with E-state index in [4.69, 9.17) is 5.73 Å². The van der Waals surface area contributed by atoms with Gasteiger partial charge in [-0.05, 0) is 37.7 Å². The van der Waals surface area contributed by atoms with Crippen LogP contribution >= 0.6 is 11.3 Å². The Hall–Kier alpha value is -1.03. The molecule has 0 spiro atoms. The van der Waals surface area contributed by atoms with E-state index in [9.17, 15) is 4.79 Å². The first-order valence-electron chi connectivity index (χ1n) is 5.46. The van der Waals surface area contributed by atoms with Gasteiger partial charge in [-0.15, -0.1) is 11.3 Å². The van der Waals surface area contributed by atoms with Gasteiger partial charge in [0.15, 0.2) is 0 Å². The molecule has 0 aliphatic heterocycles. The fourth-order valence-electron chi connectivity index (χ4n) is 2.16. The van der Waals surface area contributed by atoms with Gasteiger partial charge < -0.3 is 11.1 Å². The first kappa shape index (κ1) is 9.21. The molecule has 0 atom stereocenters. The fourth-order valence-corrected chi connectivity index (χ4v) is 3.32. The lowest BCUT2D eigenvalue weighted by Crippen LogP contribution is -2.26. The molecular weight excluding hydrogens is 208 g/mol. The maximum absolute atomic E-state index is 12.0. The second-order valence-corrected chi connectivity index (χ2v) is 5.48. The molecule has 3 nitrogen and oxygen atoms in total. The van der Waals surface area contributed by atoms with Crippen LogP contribution in [0.15, 0.2) is 0 Å². The molecule has 1 heterocycles. The Morgan fingerprint density at radius 2 is 2.20 bits per heavy atom. The summed E-state index contributed by atoms with van der Waals surface area (Å²) in [6.45, 7) is 0. The summed E-state index contributed by atoms with van der Waals surface area (Å²) >= 11 is 1.60. The normalized spacial score (nSPS) is 18.9. The number of anilines is 1. The van der Waals surface area contributed by atoms with E-state index >= 15 is 0 Å². The highest BCUT2D eigenvalue weighted by atomic mass is 32.1. The Balaban J connectivity index is 1.92. The third-order valence-corrected chi connectivity index (χ3v) is 4.21. The molecule has 2 aliphatic carbocycles. The first-order valence-corrected chi connectivity index (χ1v) is 6.28. The molecule has 15 heavy (non-hydrogen) atoms. The second kappa shape index (κ2) is 3.23. The average Bonchev–Trinajstić information content (AvgIpc) is 2.76. The molecule has 0 bridgehead atoms. The SMILES string of the molecule is Nc1sc2c(c1C(=O)NC1CC1)CCC2. The Bertz CT molecular complexity index is 420. The lowest BCUT2D eigenvalue weighted by atomic mass is 10.1. The number of hydrogen-bond donors (Lipinski definition) is 2. The zero-order valence-electron chi connectivity index (χ0n) is 8.51. The number of thiophene rings is 1. The second-order valence-electron chi connectivity index (χ2n) is 4.34. The van der Waals surface area contributed by atoms with E-state index in [1.165, 1.54) is 16.9 Å². The predicted octanol–water partition coefficient (Wildman–Crippen LogP) is 1.71. The Morgan fingerprint density at radius 3 is 2.93 bits per heavy atom. The molecule has 1 aromatic rings. The highest BCUT2D eigenvalue weighted by Gasteiger charge is 2.29. The molecule has 1 fully saturated rings. The van der Waals surface area contributed by atoms with Crippen molar-refractivity contribution in [1.29, 1.82) is 0 Å². The van der Waals surface area contributed by atoms with Gasteiger partial charge in [0.1, 0.15) is 0 Å². The van der Waals surface area contributed by atoms with E-state index < -0.39 is 0 Å². The summed E-state index contributed by atoms with van der Waals surface area (Å²) in [5, 5.41) is 3.72. The monoisotopic (exact) mass is 222 g/mol. The minimum atomic E-state index is 0.0504. The van der Waals surface area contributed by atoms with Crippen molar-refractivity contribution in [3.05, 3.63) is 16.0 Å². The largest absolute Gasteiger partial charge is 0.390 e. The van der Waals surface area contributed by atoms with Crippen LogP contribution in [0.25, 0.3) is 0 Å². The standard InChI is InChI=1S/C11H14N2OS/c12-10-9(11(14)13-6-4-5-6)7-2-1-3-8(7)15-10/h6H,1-5,12H2,(H,13,14). The maximum atomic E-state index is 12.0. The molecule has 3 N–H and O–H groups in total. The number of carbonyl (C=O) groups excluding carboxylic acids is 1. The van der Waals surface area contributed by atoms with E-state index in [1.807, 2.05) is 0 Å². The zero-order chi connectivity index (χ0) is 10.4. The number of rotatable bonds is 2. The average molecular weight is 222 g/mol. The number of amides is 1. The van der Waals surface area contributed by atoms with Crippen LogP contribution in [0.2, 0.25) is 0 Å². The van der Waals surface area contributed by atoms with Crippen LogP contribution in [0.5, 0.6) is 0 Å². The molecule has 80 valence electrons. The number of nitrogens with two attached hydrogens (primary N) is 1. The van der Waals surface area contributed by atoms with Crippen LogP contribution in [-0.4, -0.2) is 11.9 Å². The summed E-state index contributed by atoms with van der Waals surface area (Å²) in [7, 11) is 0. The number of aryl methyl sites for hydroxylation is 1. The van der Waals surface area contributed by atoms with Crippen LogP contribution < -0.4 is 11.1 Å². The lowest BCUT2D eigenvalue weighted by molar-refractivity contribution is 0.0951. The Labute approximate surface area is 92.7 Å². The lowest BCUT2D eigenvalue weighted by Gasteiger charge is -2.04. The van der Waals surface area contributed by atoms with Crippen molar-refractivity contribution < 1.29 is 4.79 Å². The smallest absolute Gasteiger partial charge is 0.254 e. The minimum Gasteiger partial charge on any atom is -0.390 e. The van der Waals surface area contributed by atoms with Crippen molar-refractivity contribution in [2.24, 2.45) is 0 Å². The molecule has 1 saturated carbocycles. The van der Waals surface area contributed by atoms with Crippen LogP contribution in [0, 0.1) is 0 Å². The van der Waals surface area contributed by atoms with Gasteiger partial charge in [-0.2, -0.15) is 0 Å². The van der Waals surface area contributed by atoms with E-state index in [2.05, 4.69) is 5.32 Å². The highest BCUT2D eigenvalue weighted by Crippen LogP contribution is 2.37. The van der Waals surface area contributed by atoms with Gasteiger partial charge in [-0.1, -0.05) is 0 Å². The summed E-state index contributed by atoms with van der Waals surface area (Å²) in [4.78, 5) is 13.3. The maximum Gasteiger partial charge on any atom is 0.254 e. The summed E-state index contributed by atoms with van der Waals surface area (Å²) < 4.78 is 0. The van der Waals surface area contributed by atoms with Gasteiger partial charge in [0.25, 0.3) is 5.91 Å². The molecule has 0 radical (unpaired) electrons. The molecule has 0 unspecified atom stereocenters. The van der Waals surface area contributed by atoms with Crippen molar-refractivity contribution in [2.75, 3.05) is 5.73 Å². The quantitative estimate of drug-likeness (QED) is 0.800. The molecule has 4 heteroatoms. The number of fused-ring (bicyclic) bond motifs is 1. The number of carbonyl (C=O) groups is 1. The van der Waals surface area contributed by atoms with E-state index in [1.54, 1.807) is 11.3 Å². The van der Waals surface area contributed by atoms with Gasteiger partial charge in [0.2, 0.25) is 0 Å². The van der Waals surface area contributed by atoms with Crippen LogP contribution in [0.4, 0.5) is 5.00 Å². The van der Waals surface area contributed by atoms with Gasteiger partial charge in [0, 0.05) is 10.9 Å². The molecule has 1 aromatic heterocycles. The minimum absolute atomic E-state index is 0.0504. The third-order valence-electron chi connectivity index (χ3n) is 3.09. The van der Waals surface area contributed by atoms with Gasteiger partial charge in [-0.25, -0.2) is 0 Å². The molecule has 0 aromatic carbocycles. The highest BCUT2D eigenvalue weighted by molar-refractivity contribution is 7.16. The molecule has 2 aliphatic rings. The number of nitrogens with one attached hydrogen (secondary N) is 1. The summed E-state index contributed by atoms with van der Waals surface area (Å²) in [6, 6.07) is 0.411. The zero-order valence-corrected chi connectivity index (χ0v) is 9.32. The van der Waals surface area contributed by atoms with Gasteiger partial charge >= 0.3 is 0 Å². The van der Waals surface area contributed by atoms with E-state index in [0.717, 1.165) is 31.2 Å². The van der Waals surface area contributed by atoms with Crippen LogP contribution in [0.1, 0.15) is 40.1 Å². The summed E-state index contributed by atoms with van der Waals surface area (Å²) in [6.07, 6.45) is 5.54. The van der Waals surface area contributed by atoms with E-state index in [0.29, 0.717) is 11.0 Å². The number of nitrogen functional groups attached to an aromatic ring is 1.